The van der Waals surface area contributed by atoms with Gasteiger partial charge in [-0.3, -0.25) is 0 Å². The van der Waals surface area contributed by atoms with Crippen LogP contribution in [0.25, 0.3) is 0 Å². The maximum absolute atomic E-state index is 6.51. The highest BCUT2D eigenvalue weighted by Gasteiger charge is 2.31. The van der Waals surface area contributed by atoms with E-state index in [2.05, 4.69) is 86.5 Å². The zero-order chi connectivity index (χ0) is 19.2. The molecule has 0 spiro atoms. The molecule has 0 aromatic heterocycles. The Hall–Kier alpha value is -1.31. The molecule has 1 aliphatic rings. The first kappa shape index (κ1) is 20.4. The third-order valence-electron chi connectivity index (χ3n) is 6.44. The predicted octanol–water partition coefficient (Wildman–Crippen LogP) is 6.69. The minimum Gasteiger partial charge on any atom is -0.302 e. The Bertz CT molecular complexity index is 671. The maximum Gasteiger partial charge on any atom is 0.0351 e. The SMILES string of the molecule is CC(C[C@@H](CN(C)C1CC(Cl)CCC1C)c1ccccc1)c1ccccc1. The standard InChI is InChI=1S/C25H34ClN/c1-19-14-15-24(26)17-25(19)27(3)18-23(22-12-8-5-9-13-22)16-20(2)21-10-6-4-7-11-21/h4-13,19-20,23-25H,14-18H2,1-3H3/t19?,20?,23-,24?,25?/m0/s1. The molecule has 3 rings (SSSR count). The minimum atomic E-state index is 0.340. The Balaban J connectivity index is 1.74. The van der Waals surface area contributed by atoms with Crippen LogP contribution in [-0.4, -0.2) is 29.9 Å². The Morgan fingerprint density at radius 3 is 2.19 bits per heavy atom. The second kappa shape index (κ2) is 9.75. The zero-order valence-electron chi connectivity index (χ0n) is 17.0. The largest absolute Gasteiger partial charge is 0.302 e. The zero-order valence-corrected chi connectivity index (χ0v) is 17.8. The van der Waals surface area contributed by atoms with Crippen LogP contribution in [0.15, 0.2) is 60.7 Å². The molecule has 1 saturated carbocycles. The summed E-state index contributed by atoms with van der Waals surface area (Å²) in [5, 5.41) is 0.340. The van der Waals surface area contributed by atoms with Crippen molar-refractivity contribution in [2.45, 2.75) is 62.8 Å². The summed E-state index contributed by atoms with van der Waals surface area (Å²) in [5.74, 6) is 1.82. The molecular weight excluding hydrogens is 350 g/mol. The average molecular weight is 384 g/mol. The summed E-state index contributed by atoms with van der Waals surface area (Å²) in [7, 11) is 2.30. The summed E-state index contributed by atoms with van der Waals surface area (Å²) < 4.78 is 0. The fourth-order valence-electron chi connectivity index (χ4n) is 4.73. The summed E-state index contributed by atoms with van der Waals surface area (Å²) in [6, 6.07) is 22.6. The molecule has 0 heterocycles. The molecule has 2 aromatic carbocycles. The molecular formula is C25H34ClN. The molecule has 5 atom stereocenters. The Kier molecular flexibility index (Phi) is 7.38. The molecule has 0 radical (unpaired) electrons. The minimum absolute atomic E-state index is 0.340. The number of alkyl halides is 1. The van der Waals surface area contributed by atoms with E-state index in [1.807, 2.05) is 0 Å². The van der Waals surface area contributed by atoms with Crippen LogP contribution in [0.3, 0.4) is 0 Å². The van der Waals surface area contributed by atoms with E-state index < -0.39 is 0 Å². The number of rotatable bonds is 7. The molecule has 0 bridgehead atoms. The van der Waals surface area contributed by atoms with Crippen LogP contribution in [0.4, 0.5) is 0 Å². The number of nitrogens with zero attached hydrogens (tertiary/aromatic N) is 1. The van der Waals surface area contributed by atoms with E-state index in [0.717, 1.165) is 18.9 Å². The molecule has 2 aromatic rings. The lowest BCUT2D eigenvalue weighted by molar-refractivity contribution is 0.132. The van der Waals surface area contributed by atoms with Gasteiger partial charge in [0.1, 0.15) is 0 Å². The number of hydrogen-bond acceptors (Lipinski definition) is 1. The highest BCUT2D eigenvalue weighted by molar-refractivity contribution is 6.20. The predicted molar refractivity (Wildman–Crippen MR) is 118 cm³/mol. The van der Waals surface area contributed by atoms with E-state index >= 15 is 0 Å². The van der Waals surface area contributed by atoms with Gasteiger partial charge in [-0.2, -0.15) is 0 Å². The van der Waals surface area contributed by atoms with Crippen LogP contribution in [0.2, 0.25) is 0 Å². The fourth-order valence-corrected chi connectivity index (χ4v) is 5.04. The van der Waals surface area contributed by atoms with Crippen LogP contribution in [0, 0.1) is 5.92 Å². The molecule has 0 saturated heterocycles. The van der Waals surface area contributed by atoms with Crippen molar-refractivity contribution < 1.29 is 0 Å². The molecule has 1 aliphatic carbocycles. The Morgan fingerprint density at radius 1 is 0.963 bits per heavy atom. The topological polar surface area (TPSA) is 3.24 Å². The van der Waals surface area contributed by atoms with Crippen LogP contribution in [0.1, 0.15) is 62.5 Å². The molecule has 0 amide bonds. The second-order valence-corrected chi connectivity index (χ2v) is 9.17. The van der Waals surface area contributed by atoms with E-state index in [-0.39, 0.29) is 0 Å². The molecule has 146 valence electrons. The van der Waals surface area contributed by atoms with Crippen LogP contribution < -0.4 is 0 Å². The van der Waals surface area contributed by atoms with E-state index in [9.17, 15) is 0 Å². The summed E-state index contributed by atoms with van der Waals surface area (Å²) in [6.07, 6.45) is 4.71. The van der Waals surface area contributed by atoms with Gasteiger partial charge >= 0.3 is 0 Å². The van der Waals surface area contributed by atoms with E-state index in [1.165, 1.54) is 30.4 Å². The van der Waals surface area contributed by atoms with Gasteiger partial charge in [-0.25, -0.2) is 0 Å². The van der Waals surface area contributed by atoms with Crippen molar-refractivity contribution in [3.05, 3.63) is 71.8 Å². The lowest BCUT2D eigenvalue weighted by Crippen LogP contribution is -2.43. The van der Waals surface area contributed by atoms with Gasteiger partial charge in [0.15, 0.2) is 0 Å². The first-order valence-corrected chi connectivity index (χ1v) is 10.9. The Morgan fingerprint density at radius 2 is 1.56 bits per heavy atom. The molecule has 4 unspecified atom stereocenters. The third-order valence-corrected chi connectivity index (χ3v) is 6.84. The van der Waals surface area contributed by atoms with Gasteiger partial charge in [0.05, 0.1) is 0 Å². The number of benzene rings is 2. The van der Waals surface area contributed by atoms with Crippen molar-refractivity contribution in [2.75, 3.05) is 13.6 Å². The Labute approximate surface area is 170 Å². The van der Waals surface area contributed by atoms with Gasteiger partial charge in [0.25, 0.3) is 0 Å². The van der Waals surface area contributed by atoms with E-state index in [1.54, 1.807) is 0 Å². The van der Waals surface area contributed by atoms with Crippen LogP contribution >= 0.6 is 11.6 Å². The van der Waals surface area contributed by atoms with Crippen LogP contribution in [-0.2, 0) is 0 Å². The summed E-state index contributed by atoms with van der Waals surface area (Å²) in [4.78, 5) is 2.59. The molecule has 0 N–H and O–H groups in total. The van der Waals surface area contributed by atoms with Crippen molar-refractivity contribution in [1.82, 2.24) is 4.90 Å². The first-order chi connectivity index (χ1) is 13.0. The van der Waals surface area contributed by atoms with Crippen molar-refractivity contribution in [3.63, 3.8) is 0 Å². The molecule has 2 heteroatoms. The lowest BCUT2D eigenvalue weighted by Gasteiger charge is -2.40. The summed E-state index contributed by atoms with van der Waals surface area (Å²) in [6.45, 7) is 5.86. The normalized spacial score (nSPS) is 25.3. The highest BCUT2D eigenvalue weighted by Crippen LogP contribution is 2.34. The number of likely N-dealkylation sites (N-methyl/N-ethyl adjacent to an activating group) is 1. The number of hydrogen-bond donors (Lipinski definition) is 0. The second-order valence-electron chi connectivity index (χ2n) is 8.55. The average Bonchev–Trinajstić information content (AvgIpc) is 2.70. The molecule has 1 fully saturated rings. The molecule has 0 aliphatic heterocycles. The van der Waals surface area contributed by atoms with Crippen molar-refractivity contribution >= 4 is 11.6 Å². The van der Waals surface area contributed by atoms with Crippen molar-refractivity contribution in [1.29, 1.82) is 0 Å². The molecule has 27 heavy (non-hydrogen) atoms. The van der Waals surface area contributed by atoms with E-state index in [4.69, 9.17) is 11.6 Å². The van der Waals surface area contributed by atoms with Gasteiger partial charge in [-0.15, -0.1) is 11.6 Å². The smallest absolute Gasteiger partial charge is 0.0351 e. The van der Waals surface area contributed by atoms with Gasteiger partial charge < -0.3 is 4.90 Å². The monoisotopic (exact) mass is 383 g/mol. The molecule has 1 nitrogen and oxygen atoms in total. The van der Waals surface area contributed by atoms with Gasteiger partial charge in [0.2, 0.25) is 0 Å². The van der Waals surface area contributed by atoms with Gasteiger partial charge in [-0.1, -0.05) is 74.5 Å². The summed E-state index contributed by atoms with van der Waals surface area (Å²) in [5.41, 5.74) is 2.89. The lowest BCUT2D eigenvalue weighted by atomic mass is 9.82. The van der Waals surface area contributed by atoms with E-state index in [0.29, 0.717) is 23.3 Å². The van der Waals surface area contributed by atoms with Gasteiger partial charge in [-0.05, 0) is 61.6 Å². The van der Waals surface area contributed by atoms with Crippen LogP contribution in [0.5, 0.6) is 0 Å². The van der Waals surface area contributed by atoms with Crippen molar-refractivity contribution in [2.24, 2.45) is 5.92 Å². The first-order valence-electron chi connectivity index (χ1n) is 10.5. The highest BCUT2D eigenvalue weighted by atomic mass is 35.5. The quantitative estimate of drug-likeness (QED) is 0.481. The van der Waals surface area contributed by atoms with Crippen molar-refractivity contribution in [3.8, 4) is 0 Å². The number of halogens is 1. The van der Waals surface area contributed by atoms with Gasteiger partial charge in [0, 0.05) is 18.0 Å². The third kappa shape index (κ3) is 5.59. The fraction of sp³-hybridized carbons (Fsp3) is 0.520. The maximum atomic E-state index is 6.51. The summed E-state index contributed by atoms with van der Waals surface area (Å²) >= 11 is 6.51.